The Morgan fingerprint density at radius 2 is 2.00 bits per heavy atom. The summed E-state index contributed by atoms with van der Waals surface area (Å²) in [6, 6.07) is 7.67. The molecule has 0 saturated carbocycles. The number of benzene rings is 1. The van der Waals surface area contributed by atoms with Crippen molar-refractivity contribution in [2.45, 2.75) is 26.2 Å². The highest BCUT2D eigenvalue weighted by Crippen LogP contribution is 2.24. The highest BCUT2D eigenvalue weighted by molar-refractivity contribution is 6.03. The van der Waals surface area contributed by atoms with Crippen molar-refractivity contribution < 1.29 is 13.9 Å². The van der Waals surface area contributed by atoms with Crippen molar-refractivity contribution in [3.05, 3.63) is 53.7 Å². The zero-order chi connectivity index (χ0) is 18.2. The first kappa shape index (κ1) is 16.9. The molecule has 6 nitrogen and oxygen atoms in total. The Morgan fingerprint density at radius 3 is 2.64 bits per heavy atom. The number of amides is 1. The van der Waals surface area contributed by atoms with Crippen LogP contribution in [0.1, 0.15) is 37.0 Å². The van der Waals surface area contributed by atoms with Crippen LogP contribution in [0.4, 0.5) is 10.1 Å². The molecule has 2 aromatic heterocycles. The van der Waals surface area contributed by atoms with Gasteiger partial charge in [-0.15, -0.1) is 0 Å². The van der Waals surface area contributed by atoms with E-state index in [1.807, 2.05) is 20.8 Å². The van der Waals surface area contributed by atoms with Gasteiger partial charge in [0.1, 0.15) is 5.69 Å². The van der Waals surface area contributed by atoms with Gasteiger partial charge < -0.3 is 10.1 Å². The molecule has 25 heavy (non-hydrogen) atoms. The molecule has 1 amide bonds. The Morgan fingerprint density at radius 1 is 1.24 bits per heavy atom. The van der Waals surface area contributed by atoms with Crippen LogP contribution in [0.25, 0.3) is 5.65 Å². The second-order valence-electron chi connectivity index (χ2n) is 6.68. The van der Waals surface area contributed by atoms with Crippen LogP contribution in [0.3, 0.4) is 0 Å². The fourth-order valence-corrected chi connectivity index (χ4v) is 2.50. The number of nitrogens with one attached hydrogen (secondary N) is 1. The second-order valence-corrected chi connectivity index (χ2v) is 6.68. The smallest absolute Gasteiger partial charge is 0.274 e. The molecule has 0 spiro atoms. The third-order valence-corrected chi connectivity index (χ3v) is 3.77. The summed E-state index contributed by atoms with van der Waals surface area (Å²) >= 11 is 0. The average Bonchev–Trinajstić information content (AvgIpc) is 3.01. The SMILES string of the molecule is COc1ccc(NC(=O)c2cc(C(C)(C)C)n3nccc3n2)cc1F. The van der Waals surface area contributed by atoms with Crippen molar-refractivity contribution in [2.24, 2.45) is 0 Å². The molecule has 1 aromatic carbocycles. The van der Waals surface area contributed by atoms with E-state index in [1.54, 1.807) is 28.9 Å². The van der Waals surface area contributed by atoms with Crippen molar-refractivity contribution in [3.63, 3.8) is 0 Å². The van der Waals surface area contributed by atoms with Crippen LogP contribution in [0.5, 0.6) is 5.75 Å². The summed E-state index contributed by atoms with van der Waals surface area (Å²) in [5.41, 5.74) is 1.78. The molecule has 0 aliphatic rings. The van der Waals surface area contributed by atoms with E-state index in [1.165, 1.54) is 19.2 Å². The lowest BCUT2D eigenvalue weighted by Gasteiger charge is -2.20. The Labute approximate surface area is 144 Å². The van der Waals surface area contributed by atoms with E-state index < -0.39 is 11.7 Å². The summed E-state index contributed by atoms with van der Waals surface area (Å²) in [5.74, 6) is -0.847. The van der Waals surface area contributed by atoms with Gasteiger partial charge in [-0.3, -0.25) is 4.79 Å². The molecular weight excluding hydrogens is 323 g/mol. The molecule has 0 fully saturated rings. The maximum absolute atomic E-state index is 13.8. The number of ether oxygens (including phenoxy) is 1. The topological polar surface area (TPSA) is 68.5 Å². The highest BCUT2D eigenvalue weighted by atomic mass is 19.1. The van der Waals surface area contributed by atoms with E-state index in [9.17, 15) is 9.18 Å². The van der Waals surface area contributed by atoms with Crippen molar-refractivity contribution in [3.8, 4) is 5.75 Å². The molecule has 0 unspecified atom stereocenters. The third-order valence-electron chi connectivity index (χ3n) is 3.77. The monoisotopic (exact) mass is 342 g/mol. The highest BCUT2D eigenvalue weighted by Gasteiger charge is 2.22. The van der Waals surface area contributed by atoms with E-state index in [0.29, 0.717) is 11.3 Å². The number of anilines is 1. The fourth-order valence-electron chi connectivity index (χ4n) is 2.50. The number of carbonyl (C=O) groups is 1. The quantitative estimate of drug-likeness (QED) is 0.792. The molecule has 0 bridgehead atoms. The minimum atomic E-state index is -0.546. The predicted octanol–water partition coefficient (Wildman–Crippen LogP) is 3.43. The summed E-state index contributed by atoms with van der Waals surface area (Å²) in [5, 5.41) is 6.92. The van der Waals surface area contributed by atoms with Gasteiger partial charge in [-0.05, 0) is 18.2 Å². The molecule has 0 radical (unpaired) electrons. The molecule has 1 N–H and O–H groups in total. The van der Waals surface area contributed by atoms with E-state index in [0.717, 1.165) is 5.69 Å². The zero-order valence-electron chi connectivity index (χ0n) is 14.5. The van der Waals surface area contributed by atoms with Gasteiger partial charge in [0, 0.05) is 23.2 Å². The largest absolute Gasteiger partial charge is 0.494 e. The Kier molecular flexibility index (Phi) is 4.16. The van der Waals surface area contributed by atoms with Crippen LogP contribution in [0.2, 0.25) is 0 Å². The van der Waals surface area contributed by atoms with E-state index >= 15 is 0 Å². The van der Waals surface area contributed by atoms with Gasteiger partial charge in [-0.25, -0.2) is 13.9 Å². The zero-order valence-corrected chi connectivity index (χ0v) is 14.5. The number of hydrogen-bond donors (Lipinski definition) is 1. The number of halogens is 1. The minimum Gasteiger partial charge on any atom is -0.494 e. The van der Waals surface area contributed by atoms with Crippen LogP contribution in [0, 0.1) is 5.82 Å². The van der Waals surface area contributed by atoms with Gasteiger partial charge in [0.15, 0.2) is 17.2 Å². The van der Waals surface area contributed by atoms with Crippen LogP contribution >= 0.6 is 0 Å². The van der Waals surface area contributed by atoms with Gasteiger partial charge in [-0.1, -0.05) is 20.8 Å². The molecule has 0 aliphatic carbocycles. The number of nitrogens with zero attached hydrogens (tertiary/aromatic N) is 3. The molecule has 3 aromatic rings. The Bertz CT molecular complexity index is 944. The lowest BCUT2D eigenvalue weighted by Crippen LogP contribution is -2.21. The Balaban J connectivity index is 1.96. The normalized spacial score (nSPS) is 11.6. The van der Waals surface area contributed by atoms with Crippen molar-refractivity contribution in [2.75, 3.05) is 12.4 Å². The van der Waals surface area contributed by atoms with Gasteiger partial charge in [0.2, 0.25) is 0 Å². The van der Waals surface area contributed by atoms with E-state index in [2.05, 4.69) is 15.4 Å². The standard InChI is InChI=1S/C18H19FN4O2/c1-18(2,3)15-10-13(22-16-7-8-20-23(15)16)17(24)21-11-5-6-14(25-4)12(19)9-11/h5-10H,1-4H3,(H,21,24). The van der Waals surface area contributed by atoms with E-state index in [-0.39, 0.29) is 16.9 Å². The van der Waals surface area contributed by atoms with Crippen LogP contribution in [0.15, 0.2) is 36.5 Å². The molecule has 0 saturated heterocycles. The number of methoxy groups -OCH3 is 1. The summed E-state index contributed by atoms with van der Waals surface area (Å²) in [7, 11) is 1.38. The summed E-state index contributed by atoms with van der Waals surface area (Å²) in [6.45, 7) is 6.10. The summed E-state index contributed by atoms with van der Waals surface area (Å²) in [6.07, 6.45) is 1.64. The van der Waals surface area contributed by atoms with Crippen LogP contribution in [-0.2, 0) is 5.41 Å². The first-order valence-electron chi connectivity index (χ1n) is 7.80. The fraction of sp³-hybridized carbons (Fsp3) is 0.278. The first-order valence-corrected chi connectivity index (χ1v) is 7.80. The first-order chi connectivity index (χ1) is 11.8. The molecule has 2 heterocycles. The second kappa shape index (κ2) is 6.16. The van der Waals surface area contributed by atoms with Gasteiger partial charge in [0.05, 0.1) is 19.0 Å². The number of hydrogen-bond acceptors (Lipinski definition) is 4. The average molecular weight is 342 g/mol. The van der Waals surface area contributed by atoms with Crippen molar-refractivity contribution in [1.29, 1.82) is 0 Å². The molecular formula is C18H19FN4O2. The molecule has 7 heteroatoms. The summed E-state index contributed by atoms with van der Waals surface area (Å²) in [4.78, 5) is 16.9. The lowest BCUT2D eigenvalue weighted by molar-refractivity contribution is 0.102. The maximum atomic E-state index is 13.8. The molecule has 0 atom stereocenters. The Hall–Kier alpha value is -2.96. The molecule has 3 rings (SSSR count). The summed E-state index contributed by atoms with van der Waals surface area (Å²) < 4.78 is 20.4. The number of carbonyl (C=O) groups excluding carboxylic acids is 1. The maximum Gasteiger partial charge on any atom is 0.274 e. The van der Waals surface area contributed by atoms with Crippen molar-refractivity contribution >= 4 is 17.2 Å². The predicted molar refractivity (Wildman–Crippen MR) is 92.6 cm³/mol. The van der Waals surface area contributed by atoms with Crippen LogP contribution < -0.4 is 10.1 Å². The lowest BCUT2D eigenvalue weighted by atomic mass is 9.91. The van der Waals surface area contributed by atoms with Gasteiger partial charge >= 0.3 is 0 Å². The number of rotatable bonds is 3. The number of aromatic nitrogens is 3. The van der Waals surface area contributed by atoms with Crippen molar-refractivity contribution in [1.82, 2.24) is 14.6 Å². The van der Waals surface area contributed by atoms with Crippen LogP contribution in [-0.4, -0.2) is 27.6 Å². The third kappa shape index (κ3) is 3.31. The minimum absolute atomic E-state index is 0.117. The van der Waals surface area contributed by atoms with Gasteiger partial charge in [-0.2, -0.15) is 5.10 Å². The van der Waals surface area contributed by atoms with E-state index in [4.69, 9.17) is 4.74 Å². The molecule has 130 valence electrons. The van der Waals surface area contributed by atoms with Gasteiger partial charge in [0.25, 0.3) is 5.91 Å². The number of fused-ring (bicyclic) bond motifs is 1. The molecule has 0 aliphatic heterocycles.